The number of nitrogens with zero attached hydrogens (tertiary/aromatic N) is 2. The SMILES string of the molecule is CN=C(NCc1ccccc1S(=O)(=O)N(C)C)NCC(C)(C)SC. The largest absolute Gasteiger partial charge is 0.355 e. The minimum atomic E-state index is -3.47. The molecular formula is C16H28N4O2S2. The predicted molar refractivity (Wildman–Crippen MR) is 103 cm³/mol. The lowest BCUT2D eigenvalue weighted by Crippen LogP contribution is -2.43. The Bertz CT molecular complexity index is 670. The summed E-state index contributed by atoms with van der Waals surface area (Å²) < 4.78 is 26.1. The number of rotatable bonds is 7. The number of nitrogens with one attached hydrogen (secondary N) is 2. The van der Waals surface area contributed by atoms with E-state index in [2.05, 4.69) is 35.7 Å². The van der Waals surface area contributed by atoms with Crippen molar-refractivity contribution in [1.82, 2.24) is 14.9 Å². The Morgan fingerprint density at radius 2 is 1.88 bits per heavy atom. The number of thioether (sulfide) groups is 1. The second kappa shape index (κ2) is 8.73. The minimum Gasteiger partial charge on any atom is -0.355 e. The summed E-state index contributed by atoms with van der Waals surface area (Å²) in [4.78, 5) is 4.50. The molecule has 8 heteroatoms. The molecule has 0 radical (unpaired) electrons. The van der Waals surface area contributed by atoms with Crippen LogP contribution in [0.4, 0.5) is 0 Å². The van der Waals surface area contributed by atoms with Crippen LogP contribution in [0.1, 0.15) is 19.4 Å². The van der Waals surface area contributed by atoms with Crippen molar-refractivity contribution in [2.75, 3.05) is 33.9 Å². The van der Waals surface area contributed by atoms with Crippen LogP contribution in [0.2, 0.25) is 0 Å². The Labute approximate surface area is 150 Å². The molecule has 0 bridgehead atoms. The summed E-state index contributed by atoms with van der Waals surface area (Å²) in [5.74, 6) is 0.647. The van der Waals surface area contributed by atoms with E-state index in [9.17, 15) is 8.42 Å². The van der Waals surface area contributed by atoms with E-state index in [1.807, 2.05) is 12.1 Å². The van der Waals surface area contributed by atoms with Gasteiger partial charge in [-0.15, -0.1) is 0 Å². The highest BCUT2D eigenvalue weighted by molar-refractivity contribution is 7.99. The third-order valence-electron chi connectivity index (χ3n) is 3.64. The first kappa shape index (κ1) is 20.8. The van der Waals surface area contributed by atoms with Gasteiger partial charge in [-0.2, -0.15) is 11.8 Å². The van der Waals surface area contributed by atoms with Crippen molar-refractivity contribution in [2.45, 2.75) is 30.0 Å². The van der Waals surface area contributed by atoms with Crippen LogP contribution in [0, 0.1) is 0 Å². The summed E-state index contributed by atoms with van der Waals surface area (Å²) in [7, 11) is 1.29. The molecule has 0 saturated heterocycles. The van der Waals surface area contributed by atoms with Crippen LogP contribution in [-0.2, 0) is 16.6 Å². The third-order valence-corrected chi connectivity index (χ3v) is 6.80. The molecule has 0 atom stereocenters. The summed E-state index contributed by atoms with van der Waals surface area (Å²) in [6.07, 6.45) is 2.07. The lowest BCUT2D eigenvalue weighted by Gasteiger charge is -2.24. The van der Waals surface area contributed by atoms with Crippen LogP contribution in [-0.4, -0.2) is 57.4 Å². The third kappa shape index (κ3) is 5.68. The zero-order valence-electron chi connectivity index (χ0n) is 15.3. The van der Waals surface area contributed by atoms with Gasteiger partial charge in [-0.3, -0.25) is 4.99 Å². The Morgan fingerprint density at radius 1 is 1.25 bits per heavy atom. The molecule has 0 amide bonds. The van der Waals surface area contributed by atoms with Crippen molar-refractivity contribution < 1.29 is 8.42 Å². The van der Waals surface area contributed by atoms with Crippen molar-refractivity contribution in [3.05, 3.63) is 29.8 Å². The minimum absolute atomic E-state index is 0.0871. The molecule has 0 spiro atoms. The lowest BCUT2D eigenvalue weighted by atomic mass is 10.2. The Hall–Kier alpha value is -1.25. The van der Waals surface area contributed by atoms with Crippen molar-refractivity contribution in [3.8, 4) is 0 Å². The zero-order chi connectivity index (χ0) is 18.4. The zero-order valence-corrected chi connectivity index (χ0v) is 16.9. The Balaban J connectivity index is 2.84. The summed E-state index contributed by atoms with van der Waals surface area (Å²) in [5, 5.41) is 6.45. The molecule has 0 aliphatic carbocycles. The average Bonchev–Trinajstić information content (AvgIpc) is 2.55. The van der Waals surface area contributed by atoms with Gasteiger partial charge in [0.2, 0.25) is 10.0 Å². The highest BCUT2D eigenvalue weighted by Crippen LogP contribution is 2.20. The molecule has 24 heavy (non-hydrogen) atoms. The molecule has 0 aliphatic rings. The van der Waals surface area contributed by atoms with Gasteiger partial charge in [0.25, 0.3) is 0 Å². The van der Waals surface area contributed by atoms with E-state index < -0.39 is 10.0 Å². The first-order valence-electron chi connectivity index (χ1n) is 7.64. The van der Waals surface area contributed by atoms with Crippen LogP contribution >= 0.6 is 11.8 Å². The predicted octanol–water partition coefficient (Wildman–Crippen LogP) is 1.74. The van der Waals surface area contributed by atoms with E-state index in [0.717, 1.165) is 6.54 Å². The monoisotopic (exact) mass is 372 g/mol. The molecule has 0 aromatic heterocycles. The molecule has 6 nitrogen and oxygen atoms in total. The quantitative estimate of drug-likeness (QED) is 0.563. The number of benzene rings is 1. The summed E-state index contributed by atoms with van der Waals surface area (Å²) >= 11 is 1.77. The maximum Gasteiger partial charge on any atom is 0.242 e. The molecule has 0 saturated carbocycles. The highest BCUT2D eigenvalue weighted by Gasteiger charge is 2.21. The van der Waals surface area contributed by atoms with Gasteiger partial charge in [-0.1, -0.05) is 18.2 Å². The van der Waals surface area contributed by atoms with Crippen molar-refractivity contribution in [3.63, 3.8) is 0 Å². The van der Waals surface area contributed by atoms with Crippen LogP contribution < -0.4 is 10.6 Å². The molecular weight excluding hydrogens is 344 g/mol. The fourth-order valence-electron chi connectivity index (χ4n) is 1.87. The fraction of sp³-hybridized carbons (Fsp3) is 0.562. The van der Waals surface area contributed by atoms with Crippen molar-refractivity contribution in [2.24, 2.45) is 4.99 Å². The second-order valence-electron chi connectivity index (χ2n) is 6.14. The molecule has 2 N–H and O–H groups in total. The van der Waals surface area contributed by atoms with Gasteiger partial charge in [0.05, 0.1) is 4.90 Å². The topological polar surface area (TPSA) is 73.8 Å². The van der Waals surface area contributed by atoms with Gasteiger partial charge in [0, 0.05) is 39.0 Å². The summed E-state index contributed by atoms with van der Waals surface area (Å²) in [5.41, 5.74) is 0.707. The van der Waals surface area contributed by atoms with Gasteiger partial charge < -0.3 is 10.6 Å². The normalized spacial score (nSPS) is 13.2. The van der Waals surface area contributed by atoms with E-state index in [-0.39, 0.29) is 4.75 Å². The van der Waals surface area contributed by atoms with E-state index in [4.69, 9.17) is 0 Å². The van der Waals surface area contributed by atoms with Gasteiger partial charge in [-0.25, -0.2) is 12.7 Å². The van der Waals surface area contributed by atoms with E-state index >= 15 is 0 Å². The first-order valence-corrected chi connectivity index (χ1v) is 10.3. The van der Waals surface area contributed by atoms with Gasteiger partial charge >= 0.3 is 0 Å². The second-order valence-corrected chi connectivity index (χ2v) is 9.77. The first-order chi connectivity index (χ1) is 11.1. The fourth-order valence-corrected chi connectivity index (χ4v) is 3.20. The maximum absolute atomic E-state index is 12.4. The van der Waals surface area contributed by atoms with Crippen LogP contribution in [0.5, 0.6) is 0 Å². The molecule has 1 aromatic rings. The maximum atomic E-state index is 12.4. The van der Waals surface area contributed by atoms with Gasteiger partial charge in [0.1, 0.15) is 0 Å². The number of sulfonamides is 1. The molecule has 136 valence electrons. The standard InChI is InChI=1S/C16H28N4O2S2/c1-16(2,23-6)12-19-15(17-3)18-11-13-9-7-8-10-14(13)24(21,22)20(4)5/h7-10H,11-12H2,1-6H3,(H2,17,18,19). The van der Waals surface area contributed by atoms with Gasteiger partial charge in [0.15, 0.2) is 5.96 Å². The number of hydrogen-bond donors (Lipinski definition) is 2. The molecule has 0 fully saturated rings. The average molecular weight is 373 g/mol. The van der Waals surface area contributed by atoms with E-state index in [0.29, 0.717) is 23.0 Å². The van der Waals surface area contributed by atoms with E-state index in [1.165, 1.54) is 18.4 Å². The summed E-state index contributed by atoms with van der Waals surface area (Å²) in [6.45, 7) is 5.43. The van der Waals surface area contributed by atoms with Gasteiger partial charge in [-0.05, 0) is 31.7 Å². The lowest BCUT2D eigenvalue weighted by molar-refractivity contribution is 0.519. The molecule has 1 rings (SSSR count). The smallest absolute Gasteiger partial charge is 0.242 e. The molecule has 1 aromatic carbocycles. The van der Waals surface area contributed by atoms with Crippen LogP contribution in [0.15, 0.2) is 34.2 Å². The van der Waals surface area contributed by atoms with Crippen LogP contribution in [0.25, 0.3) is 0 Å². The van der Waals surface area contributed by atoms with Crippen LogP contribution in [0.3, 0.4) is 0 Å². The molecule has 0 heterocycles. The highest BCUT2D eigenvalue weighted by atomic mass is 32.2. The van der Waals surface area contributed by atoms with E-state index in [1.54, 1.807) is 30.9 Å². The van der Waals surface area contributed by atoms with Crippen molar-refractivity contribution in [1.29, 1.82) is 0 Å². The Kier molecular flexibility index (Phi) is 7.56. The number of hydrogen-bond acceptors (Lipinski definition) is 4. The van der Waals surface area contributed by atoms with Crippen molar-refractivity contribution >= 4 is 27.7 Å². The summed E-state index contributed by atoms with van der Waals surface area (Å²) in [6, 6.07) is 6.99. The number of aliphatic imine (C=N–C) groups is 1. The Morgan fingerprint density at radius 3 is 2.42 bits per heavy atom. The molecule has 0 unspecified atom stereocenters. The number of guanidine groups is 1. The molecule has 0 aliphatic heterocycles.